The van der Waals surface area contributed by atoms with Gasteiger partial charge in [-0.05, 0) is 63.1 Å². The van der Waals surface area contributed by atoms with Crippen molar-refractivity contribution in [3.8, 4) is 22.8 Å². The zero-order valence-electron chi connectivity index (χ0n) is 15.2. The molecule has 0 amide bonds. The molecule has 5 heteroatoms. The van der Waals surface area contributed by atoms with E-state index in [1.165, 1.54) is 16.9 Å². The summed E-state index contributed by atoms with van der Waals surface area (Å²) in [6.07, 6.45) is 1.92. The van der Waals surface area contributed by atoms with Gasteiger partial charge in [-0.1, -0.05) is 17.7 Å². The molecule has 0 unspecified atom stereocenters. The molecule has 26 heavy (non-hydrogen) atoms. The van der Waals surface area contributed by atoms with E-state index in [2.05, 4.69) is 24.0 Å². The second kappa shape index (κ2) is 8.72. The van der Waals surface area contributed by atoms with Crippen LogP contribution in [0.25, 0.3) is 11.3 Å². The Labute approximate surface area is 158 Å². The molecule has 0 aliphatic rings. The normalized spacial score (nSPS) is 10.7. The van der Waals surface area contributed by atoms with Crippen molar-refractivity contribution in [3.05, 3.63) is 59.0 Å². The summed E-state index contributed by atoms with van der Waals surface area (Å²) in [7, 11) is 0. The average molecular weight is 369 g/mol. The molecule has 3 aromatic rings. The molecular weight excluding hydrogens is 344 g/mol. The molecule has 0 atom stereocenters. The largest absolute Gasteiger partial charge is 0.494 e. The van der Waals surface area contributed by atoms with Crippen molar-refractivity contribution in [2.24, 2.45) is 0 Å². The summed E-state index contributed by atoms with van der Waals surface area (Å²) in [5.74, 6) is 1.79. The minimum Gasteiger partial charge on any atom is -0.494 e. The topological polar surface area (TPSA) is 57.4 Å². The lowest BCUT2D eigenvalue weighted by atomic mass is 10.1. The van der Waals surface area contributed by atoms with Crippen LogP contribution in [0.2, 0.25) is 0 Å². The van der Waals surface area contributed by atoms with E-state index in [0.29, 0.717) is 18.3 Å². The average Bonchev–Trinajstić information content (AvgIpc) is 2.98. The summed E-state index contributed by atoms with van der Waals surface area (Å²) in [4.78, 5) is 5.51. The Morgan fingerprint density at radius 1 is 0.846 bits per heavy atom. The molecule has 0 saturated carbocycles. The summed E-state index contributed by atoms with van der Waals surface area (Å²) >= 11 is 1.51. The molecule has 0 radical (unpaired) electrons. The van der Waals surface area contributed by atoms with Crippen LogP contribution < -0.4 is 15.2 Å². The molecule has 3 rings (SSSR count). The lowest BCUT2D eigenvalue weighted by molar-refractivity contribution is 0.266. The highest BCUT2D eigenvalue weighted by Crippen LogP contribution is 2.29. The number of nitrogen functional groups attached to an aromatic ring is 1. The number of hydrogen-bond donors (Lipinski definition) is 1. The maximum absolute atomic E-state index is 5.80. The number of anilines is 1. The van der Waals surface area contributed by atoms with Crippen molar-refractivity contribution >= 4 is 16.5 Å². The van der Waals surface area contributed by atoms with Gasteiger partial charge in [-0.2, -0.15) is 0 Å². The lowest BCUT2D eigenvalue weighted by Crippen LogP contribution is -2.02. The molecule has 1 aromatic heterocycles. The first-order valence-electron chi connectivity index (χ1n) is 8.77. The maximum Gasteiger partial charge on any atom is 0.180 e. The number of hydrogen-bond acceptors (Lipinski definition) is 5. The zero-order valence-corrected chi connectivity index (χ0v) is 16.0. The number of unbranched alkanes of at least 4 members (excludes halogenated alkanes) is 1. The number of aryl methyl sites for hydroxylation is 2. The fraction of sp³-hybridized carbons (Fsp3) is 0.286. The molecule has 2 aromatic carbocycles. The first kappa shape index (κ1) is 18.3. The SMILES string of the molecule is Cc1ccc(OCCCCOc2ccc(-c3nc(N)sc3C)cc2)cc1. The molecule has 0 aliphatic heterocycles. The van der Waals surface area contributed by atoms with E-state index in [0.717, 1.165) is 40.5 Å². The highest BCUT2D eigenvalue weighted by molar-refractivity contribution is 7.15. The number of nitrogens with two attached hydrogens (primary N) is 1. The summed E-state index contributed by atoms with van der Waals surface area (Å²) < 4.78 is 11.5. The highest BCUT2D eigenvalue weighted by Gasteiger charge is 2.08. The Kier molecular flexibility index (Phi) is 6.12. The third-order valence-corrected chi connectivity index (χ3v) is 4.84. The van der Waals surface area contributed by atoms with Gasteiger partial charge in [0.1, 0.15) is 11.5 Å². The van der Waals surface area contributed by atoms with Crippen LogP contribution in [-0.4, -0.2) is 18.2 Å². The van der Waals surface area contributed by atoms with Crippen molar-refractivity contribution in [3.63, 3.8) is 0 Å². The van der Waals surface area contributed by atoms with Crippen LogP contribution in [0, 0.1) is 13.8 Å². The van der Waals surface area contributed by atoms with Gasteiger partial charge in [-0.3, -0.25) is 0 Å². The molecular formula is C21H24N2O2S. The summed E-state index contributed by atoms with van der Waals surface area (Å²) in [5.41, 5.74) is 9.02. The smallest absolute Gasteiger partial charge is 0.180 e. The van der Waals surface area contributed by atoms with Crippen LogP contribution in [0.3, 0.4) is 0 Å². The fourth-order valence-electron chi connectivity index (χ4n) is 2.61. The van der Waals surface area contributed by atoms with Crippen molar-refractivity contribution < 1.29 is 9.47 Å². The lowest BCUT2D eigenvalue weighted by Gasteiger charge is -2.08. The van der Waals surface area contributed by atoms with Crippen LogP contribution in [0.4, 0.5) is 5.13 Å². The number of nitrogens with zero attached hydrogens (tertiary/aromatic N) is 1. The minimum absolute atomic E-state index is 0.602. The first-order chi connectivity index (χ1) is 12.6. The summed E-state index contributed by atoms with van der Waals surface area (Å²) in [6, 6.07) is 16.1. The Morgan fingerprint density at radius 3 is 1.88 bits per heavy atom. The molecule has 0 fully saturated rings. The monoisotopic (exact) mass is 368 g/mol. The Balaban J connectivity index is 1.38. The van der Waals surface area contributed by atoms with E-state index in [1.807, 2.05) is 43.3 Å². The standard InChI is InChI=1S/C21H24N2O2S/c1-15-5-9-18(10-6-15)24-13-3-4-14-25-19-11-7-17(8-12-19)20-16(2)26-21(22)23-20/h5-12H,3-4,13-14H2,1-2H3,(H2,22,23). The van der Waals surface area contributed by atoms with Crippen molar-refractivity contribution in [1.29, 1.82) is 0 Å². The third-order valence-electron chi connectivity index (χ3n) is 4.04. The quantitative estimate of drug-likeness (QED) is 0.552. The zero-order chi connectivity index (χ0) is 18.4. The summed E-state index contributed by atoms with van der Waals surface area (Å²) in [6.45, 7) is 5.49. The third kappa shape index (κ3) is 4.99. The Hall–Kier alpha value is -2.53. The van der Waals surface area contributed by atoms with Crippen molar-refractivity contribution in [2.45, 2.75) is 26.7 Å². The van der Waals surface area contributed by atoms with E-state index in [9.17, 15) is 0 Å². The van der Waals surface area contributed by atoms with Gasteiger partial charge in [0.2, 0.25) is 0 Å². The number of ether oxygens (including phenoxy) is 2. The van der Waals surface area contributed by atoms with E-state index < -0.39 is 0 Å². The predicted molar refractivity (Wildman–Crippen MR) is 108 cm³/mol. The van der Waals surface area contributed by atoms with Crippen molar-refractivity contribution in [2.75, 3.05) is 18.9 Å². The van der Waals surface area contributed by atoms with E-state index >= 15 is 0 Å². The van der Waals surface area contributed by atoms with Crippen LogP contribution in [0.15, 0.2) is 48.5 Å². The molecule has 0 aliphatic carbocycles. The second-order valence-corrected chi connectivity index (χ2v) is 7.43. The number of benzene rings is 2. The molecule has 4 nitrogen and oxygen atoms in total. The number of aromatic nitrogens is 1. The predicted octanol–water partition coefficient (Wildman–Crippen LogP) is 5.25. The van der Waals surface area contributed by atoms with E-state index in [4.69, 9.17) is 15.2 Å². The second-order valence-electron chi connectivity index (χ2n) is 6.20. The summed E-state index contributed by atoms with van der Waals surface area (Å²) in [5, 5.41) is 0.602. The van der Waals surface area contributed by atoms with Gasteiger partial charge in [0.15, 0.2) is 5.13 Å². The van der Waals surface area contributed by atoms with Crippen LogP contribution in [0.5, 0.6) is 11.5 Å². The van der Waals surface area contributed by atoms with Crippen LogP contribution in [-0.2, 0) is 0 Å². The van der Waals surface area contributed by atoms with Gasteiger partial charge in [-0.15, -0.1) is 11.3 Å². The van der Waals surface area contributed by atoms with Gasteiger partial charge in [0, 0.05) is 10.4 Å². The van der Waals surface area contributed by atoms with Gasteiger partial charge in [0.25, 0.3) is 0 Å². The molecule has 0 saturated heterocycles. The molecule has 0 spiro atoms. The molecule has 1 heterocycles. The maximum atomic E-state index is 5.80. The first-order valence-corrected chi connectivity index (χ1v) is 9.59. The van der Waals surface area contributed by atoms with Crippen molar-refractivity contribution in [1.82, 2.24) is 4.98 Å². The molecule has 136 valence electrons. The Morgan fingerprint density at radius 2 is 1.38 bits per heavy atom. The Bertz CT molecular complexity index is 826. The molecule has 2 N–H and O–H groups in total. The van der Waals surface area contributed by atoms with Crippen LogP contribution >= 0.6 is 11.3 Å². The number of rotatable bonds is 8. The fourth-order valence-corrected chi connectivity index (χ4v) is 3.32. The van der Waals surface area contributed by atoms with Crippen LogP contribution in [0.1, 0.15) is 23.3 Å². The molecule has 0 bridgehead atoms. The van der Waals surface area contributed by atoms with Gasteiger partial charge in [-0.25, -0.2) is 4.98 Å². The van der Waals surface area contributed by atoms with Gasteiger partial charge < -0.3 is 15.2 Å². The minimum atomic E-state index is 0.602. The van der Waals surface area contributed by atoms with Gasteiger partial charge >= 0.3 is 0 Å². The van der Waals surface area contributed by atoms with E-state index in [-0.39, 0.29) is 0 Å². The number of thiazole rings is 1. The van der Waals surface area contributed by atoms with Gasteiger partial charge in [0.05, 0.1) is 18.9 Å². The van der Waals surface area contributed by atoms with E-state index in [1.54, 1.807) is 0 Å². The highest BCUT2D eigenvalue weighted by atomic mass is 32.1.